The summed E-state index contributed by atoms with van der Waals surface area (Å²) in [7, 11) is 0. The van der Waals surface area contributed by atoms with Gasteiger partial charge in [-0.05, 0) is 35.0 Å². The average Bonchev–Trinajstić information content (AvgIpc) is 2.30. The number of nitrogens with zero attached hydrogens (tertiary/aromatic N) is 1. The van der Waals surface area contributed by atoms with Crippen molar-refractivity contribution >= 4 is 28.1 Å². The van der Waals surface area contributed by atoms with Gasteiger partial charge in [-0.3, -0.25) is 0 Å². The summed E-state index contributed by atoms with van der Waals surface area (Å²) in [4.78, 5) is 25.3. The zero-order valence-electron chi connectivity index (χ0n) is 9.25. The van der Waals surface area contributed by atoms with E-state index in [1.807, 2.05) is 0 Å². The highest BCUT2D eigenvalue weighted by Crippen LogP contribution is 2.18. The highest BCUT2D eigenvalue weighted by atomic mass is 79.9. The molecule has 5 nitrogen and oxygen atoms in total. The van der Waals surface area contributed by atoms with E-state index in [-0.39, 0.29) is 16.8 Å². The molecule has 0 spiro atoms. The highest BCUT2D eigenvalue weighted by molar-refractivity contribution is 9.10. The molecule has 0 radical (unpaired) electrons. The summed E-state index contributed by atoms with van der Waals surface area (Å²) in [5.41, 5.74) is -0.153. The fraction of sp³-hybridized carbons (Fsp3) is 0.300. The Kier molecular flexibility index (Phi) is 5.14. The lowest BCUT2D eigenvalue weighted by Gasteiger charge is -2.14. The summed E-state index contributed by atoms with van der Waals surface area (Å²) >= 11 is 2.88. The summed E-state index contributed by atoms with van der Waals surface area (Å²) in [5.74, 6) is -1.80. The molecule has 0 aliphatic carbocycles. The zero-order chi connectivity index (χ0) is 13.7. The molecule has 0 aliphatic rings. The van der Waals surface area contributed by atoms with Gasteiger partial charge in [-0.2, -0.15) is 4.39 Å². The maximum atomic E-state index is 13.2. The topological polar surface area (TPSA) is 68.3 Å². The van der Waals surface area contributed by atoms with Gasteiger partial charge in [0.1, 0.15) is 0 Å². The van der Waals surface area contributed by atoms with Gasteiger partial charge in [0.05, 0.1) is 16.8 Å². The fourth-order valence-electron chi connectivity index (χ4n) is 1.18. The van der Waals surface area contributed by atoms with Crippen molar-refractivity contribution in [3.63, 3.8) is 0 Å². The first-order valence-corrected chi connectivity index (χ1v) is 5.69. The summed E-state index contributed by atoms with van der Waals surface area (Å²) in [5, 5.41) is 1.70. The molecule has 1 N–H and O–H groups in total. The SMILES string of the molecule is CCOC(=O)C(NC(=O)F)c1ccc(Br)c(F)n1. The maximum absolute atomic E-state index is 13.2. The average molecular weight is 323 g/mol. The predicted molar refractivity (Wildman–Crippen MR) is 60.9 cm³/mol. The van der Waals surface area contributed by atoms with E-state index in [0.29, 0.717) is 0 Å². The molecule has 0 fully saturated rings. The minimum absolute atomic E-state index is 0.0382. The number of hydrogen-bond donors (Lipinski definition) is 1. The maximum Gasteiger partial charge on any atom is 0.398 e. The van der Waals surface area contributed by atoms with E-state index in [0.717, 1.165) is 0 Å². The van der Waals surface area contributed by atoms with Crippen LogP contribution in [0.3, 0.4) is 0 Å². The normalized spacial score (nSPS) is 11.8. The van der Waals surface area contributed by atoms with Crippen LogP contribution in [-0.2, 0) is 9.53 Å². The van der Waals surface area contributed by atoms with Crippen molar-refractivity contribution in [2.45, 2.75) is 13.0 Å². The van der Waals surface area contributed by atoms with Crippen LogP contribution in [0, 0.1) is 5.95 Å². The number of nitrogens with one attached hydrogen (secondary N) is 1. The Morgan fingerprint density at radius 2 is 2.22 bits per heavy atom. The first-order valence-electron chi connectivity index (χ1n) is 4.90. The van der Waals surface area contributed by atoms with Gasteiger partial charge < -0.3 is 10.1 Å². The van der Waals surface area contributed by atoms with Crippen LogP contribution < -0.4 is 5.32 Å². The Labute approximate surface area is 110 Å². The first kappa shape index (κ1) is 14.5. The van der Waals surface area contributed by atoms with E-state index in [9.17, 15) is 18.4 Å². The number of aromatic nitrogens is 1. The summed E-state index contributed by atoms with van der Waals surface area (Å²) in [6, 6.07) is 1.07. The van der Waals surface area contributed by atoms with E-state index in [2.05, 4.69) is 25.7 Å². The van der Waals surface area contributed by atoms with Crippen LogP contribution in [0.25, 0.3) is 0 Å². The van der Waals surface area contributed by atoms with E-state index in [1.54, 1.807) is 12.2 Å². The van der Waals surface area contributed by atoms with Gasteiger partial charge >= 0.3 is 12.1 Å². The number of rotatable bonds is 4. The largest absolute Gasteiger partial charge is 0.464 e. The van der Waals surface area contributed by atoms with Crippen molar-refractivity contribution in [2.75, 3.05) is 6.61 Å². The minimum Gasteiger partial charge on any atom is -0.464 e. The lowest BCUT2D eigenvalue weighted by atomic mass is 10.2. The molecule has 1 rings (SSSR count). The van der Waals surface area contributed by atoms with Crippen LogP contribution >= 0.6 is 15.9 Å². The molecule has 0 aromatic carbocycles. The van der Waals surface area contributed by atoms with E-state index in [1.165, 1.54) is 12.1 Å². The number of hydrogen-bond acceptors (Lipinski definition) is 4. The molecule has 1 unspecified atom stereocenters. The molecular formula is C10H9BrF2N2O3. The molecule has 1 heterocycles. The monoisotopic (exact) mass is 322 g/mol. The van der Waals surface area contributed by atoms with Crippen LogP contribution in [0.2, 0.25) is 0 Å². The molecule has 1 atom stereocenters. The lowest BCUT2D eigenvalue weighted by molar-refractivity contribution is -0.145. The van der Waals surface area contributed by atoms with E-state index < -0.39 is 24.1 Å². The second kappa shape index (κ2) is 6.39. The summed E-state index contributed by atoms with van der Waals surface area (Å²) < 4.78 is 30.3. The van der Waals surface area contributed by atoms with Crippen LogP contribution in [0.15, 0.2) is 16.6 Å². The van der Waals surface area contributed by atoms with Crippen molar-refractivity contribution < 1.29 is 23.1 Å². The molecule has 8 heteroatoms. The quantitative estimate of drug-likeness (QED) is 0.399. The summed E-state index contributed by atoms with van der Waals surface area (Å²) in [6.07, 6.45) is -1.93. The third kappa shape index (κ3) is 3.73. The number of halogens is 3. The molecule has 0 aliphatic heterocycles. The molecule has 1 amide bonds. The number of pyridine rings is 1. The van der Waals surface area contributed by atoms with Crippen LogP contribution in [-0.4, -0.2) is 23.7 Å². The molecule has 1 aromatic rings. The summed E-state index contributed by atoms with van der Waals surface area (Å²) in [6.45, 7) is 1.58. The number of ether oxygens (including phenoxy) is 1. The second-order valence-electron chi connectivity index (χ2n) is 3.11. The number of carbonyl (C=O) groups is 2. The number of esters is 1. The highest BCUT2D eigenvalue weighted by Gasteiger charge is 2.26. The Morgan fingerprint density at radius 1 is 1.56 bits per heavy atom. The van der Waals surface area contributed by atoms with Crippen molar-refractivity contribution in [2.24, 2.45) is 0 Å². The zero-order valence-corrected chi connectivity index (χ0v) is 10.8. The van der Waals surface area contributed by atoms with Crippen LogP contribution in [0.5, 0.6) is 0 Å². The first-order chi connectivity index (χ1) is 8.45. The standard InChI is InChI=1S/C10H9BrF2N2O3/c1-2-18-9(16)7(15-10(13)17)6-4-3-5(11)8(12)14-6/h3-4,7H,2H2,1H3,(H,15,17). The molecule has 98 valence electrons. The van der Waals surface area contributed by atoms with Gasteiger partial charge in [-0.25, -0.2) is 14.6 Å². The van der Waals surface area contributed by atoms with Crippen LogP contribution in [0.4, 0.5) is 13.6 Å². The third-order valence-corrected chi connectivity index (χ3v) is 2.49. The van der Waals surface area contributed by atoms with Crippen molar-refractivity contribution in [1.82, 2.24) is 10.3 Å². The van der Waals surface area contributed by atoms with Gasteiger partial charge in [0.15, 0.2) is 6.04 Å². The molecule has 1 aromatic heterocycles. The van der Waals surface area contributed by atoms with Gasteiger partial charge in [0.2, 0.25) is 5.95 Å². The van der Waals surface area contributed by atoms with Gasteiger partial charge in [0.25, 0.3) is 0 Å². The molecular weight excluding hydrogens is 314 g/mol. The Balaban J connectivity index is 3.04. The lowest BCUT2D eigenvalue weighted by Crippen LogP contribution is -2.33. The van der Waals surface area contributed by atoms with Crippen molar-refractivity contribution in [3.05, 3.63) is 28.2 Å². The van der Waals surface area contributed by atoms with E-state index >= 15 is 0 Å². The van der Waals surface area contributed by atoms with Crippen molar-refractivity contribution in [3.8, 4) is 0 Å². The smallest absolute Gasteiger partial charge is 0.398 e. The van der Waals surface area contributed by atoms with Gasteiger partial charge in [-0.15, -0.1) is 4.39 Å². The minimum atomic E-state index is -1.93. The van der Waals surface area contributed by atoms with E-state index in [4.69, 9.17) is 0 Å². The fourth-order valence-corrected chi connectivity index (χ4v) is 1.41. The molecule has 0 saturated carbocycles. The molecule has 0 bridgehead atoms. The Morgan fingerprint density at radius 3 is 2.72 bits per heavy atom. The number of amides is 1. The molecule has 0 saturated heterocycles. The predicted octanol–water partition coefficient (Wildman–Crippen LogP) is 2.27. The van der Waals surface area contributed by atoms with Crippen molar-refractivity contribution in [1.29, 1.82) is 0 Å². The number of carbonyl (C=O) groups excluding carboxylic acids is 2. The van der Waals surface area contributed by atoms with Gasteiger partial charge in [0, 0.05) is 0 Å². The third-order valence-electron chi connectivity index (χ3n) is 1.90. The molecule has 18 heavy (non-hydrogen) atoms. The second-order valence-corrected chi connectivity index (χ2v) is 3.97. The Hall–Kier alpha value is -1.57. The van der Waals surface area contributed by atoms with Gasteiger partial charge in [-0.1, -0.05) is 0 Å². The Bertz CT molecular complexity index is 470. The van der Waals surface area contributed by atoms with Crippen LogP contribution in [0.1, 0.15) is 18.7 Å².